The van der Waals surface area contributed by atoms with Crippen LogP contribution in [-0.4, -0.2) is 21.9 Å². The van der Waals surface area contributed by atoms with E-state index in [9.17, 15) is 0 Å². The summed E-state index contributed by atoms with van der Waals surface area (Å²) >= 11 is 0. The van der Waals surface area contributed by atoms with Gasteiger partial charge in [0, 0.05) is 13.2 Å². The van der Waals surface area contributed by atoms with Crippen LogP contribution >= 0.6 is 0 Å². The molecule has 0 amide bonds. The molecule has 0 aliphatic carbocycles. The summed E-state index contributed by atoms with van der Waals surface area (Å²) in [6.45, 7) is 2.01. The first-order valence-electron chi connectivity index (χ1n) is 5.37. The van der Waals surface area contributed by atoms with E-state index in [1.165, 1.54) is 0 Å². The minimum Gasteiger partial charge on any atom is -0.493 e. The number of hydrogen-bond donors (Lipinski definition) is 1. The van der Waals surface area contributed by atoms with Crippen LogP contribution in [0, 0.1) is 6.92 Å². The van der Waals surface area contributed by atoms with Crippen molar-refractivity contribution in [3.63, 3.8) is 0 Å². The number of ether oxygens (including phenoxy) is 1. The Morgan fingerprint density at radius 3 is 2.88 bits per heavy atom. The molecule has 0 aliphatic heterocycles. The molecule has 0 saturated heterocycles. The zero-order valence-corrected chi connectivity index (χ0v) is 10.2. The maximum atomic E-state index is 6.20. The van der Waals surface area contributed by atoms with Crippen LogP contribution < -0.4 is 10.5 Å². The fourth-order valence-corrected chi connectivity index (χ4v) is 1.81. The second kappa shape index (κ2) is 4.55. The fourth-order valence-electron chi connectivity index (χ4n) is 1.81. The third-order valence-electron chi connectivity index (χ3n) is 2.72. The summed E-state index contributed by atoms with van der Waals surface area (Å²) in [4.78, 5) is 4.29. The third-order valence-corrected chi connectivity index (χ3v) is 2.72. The Hall–Kier alpha value is -1.88. The van der Waals surface area contributed by atoms with Crippen LogP contribution in [0.25, 0.3) is 0 Å². The molecule has 2 aromatic heterocycles. The van der Waals surface area contributed by atoms with E-state index < -0.39 is 0 Å². The van der Waals surface area contributed by atoms with E-state index in [1.807, 2.05) is 26.1 Å². The zero-order valence-electron chi connectivity index (χ0n) is 10.2. The minimum absolute atomic E-state index is 0.336. The van der Waals surface area contributed by atoms with Gasteiger partial charge in [0.05, 0.1) is 25.0 Å². The summed E-state index contributed by atoms with van der Waals surface area (Å²) in [6.07, 6.45) is 3.42. The fraction of sp³-hybridized carbons (Fsp3) is 0.333. The monoisotopic (exact) mass is 232 g/mol. The van der Waals surface area contributed by atoms with Gasteiger partial charge < -0.3 is 10.5 Å². The summed E-state index contributed by atoms with van der Waals surface area (Å²) in [7, 11) is 3.45. The van der Waals surface area contributed by atoms with Gasteiger partial charge in [-0.15, -0.1) is 0 Å². The average Bonchev–Trinajstić information content (AvgIpc) is 2.69. The van der Waals surface area contributed by atoms with Crippen molar-refractivity contribution < 1.29 is 4.74 Å². The minimum atomic E-state index is -0.336. The first kappa shape index (κ1) is 11.6. The second-order valence-electron chi connectivity index (χ2n) is 3.96. The molecule has 2 N–H and O–H groups in total. The number of hydrogen-bond acceptors (Lipinski definition) is 4. The van der Waals surface area contributed by atoms with Gasteiger partial charge in [-0.2, -0.15) is 5.10 Å². The summed E-state index contributed by atoms with van der Waals surface area (Å²) in [5.41, 5.74) is 8.97. The van der Waals surface area contributed by atoms with Gasteiger partial charge in [-0.05, 0) is 24.6 Å². The Bertz CT molecular complexity index is 521. The van der Waals surface area contributed by atoms with Gasteiger partial charge in [0.15, 0.2) is 5.75 Å². The van der Waals surface area contributed by atoms with Gasteiger partial charge in [-0.25, -0.2) is 0 Å². The number of aryl methyl sites for hydroxylation is 2. The molecule has 90 valence electrons. The Balaban J connectivity index is 2.43. The third kappa shape index (κ3) is 2.14. The molecule has 2 rings (SSSR count). The molecule has 17 heavy (non-hydrogen) atoms. The van der Waals surface area contributed by atoms with Crippen LogP contribution in [0.5, 0.6) is 5.75 Å². The number of methoxy groups -OCH3 is 1. The van der Waals surface area contributed by atoms with E-state index in [-0.39, 0.29) is 6.04 Å². The van der Waals surface area contributed by atoms with Crippen LogP contribution in [0.1, 0.15) is 23.0 Å². The van der Waals surface area contributed by atoms with Gasteiger partial charge in [-0.3, -0.25) is 9.67 Å². The largest absolute Gasteiger partial charge is 0.493 e. The Morgan fingerprint density at radius 2 is 2.24 bits per heavy atom. The summed E-state index contributed by atoms with van der Waals surface area (Å²) in [5, 5.41) is 4.14. The smallest absolute Gasteiger partial charge is 0.161 e. The van der Waals surface area contributed by atoms with Crippen molar-refractivity contribution in [2.24, 2.45) is 12.8 Å². The van der Waals surface area contributed by atoms with Crippen LogP contribution in [0.15, 0.2) is 24.5 Å². The van der Waals surface area contributed by atoms with E-state index >= 15 is 0 Å². The summed E-state index contributed by atoms with van der Waals surface area (Å²) in [5.74, 6) is 0.684. The topological polar surface area (TPSA) is 66.0 Å². The van der Waals surface area contributed by atoms with E-state index in [4.69, 9.17) is 10.5 Å². The van der Waals surface area contributed by atoms with Gasteiger partial charge in [-0.1, -0.05) is 0 Å². The van der Waals surface area contributed by atoms with Crippen molar-refractivity contribution in [3.8, 4) is 5.75 Å². The first-order valence-corrected chi connectivity index (χ1v) is 5.37. The van der Waals surface area contributed by atoms with Crippen LogP contribution in [0.2, 0.25) is 0 Å². The standard InChI is InChI=1S/C12H16N4O/c1-8-4-5-14-9(6-8)11(13)12-10(17-3)7-15-16(12)2/h4-7,11H,13H2,1-3H3. The molecule has 1 unspecified atom stereocenters. The molecule has 2 heterocycles. The normalized spacial score (nSPS) is 12.5. The first-order chi connectivity index (χ1) is 8.13. The predicted molar refractivity (Wildman–Crippen MR) is 64.8 cm³/mol. The van der Waals surface area contributed by atoms with Crippen molar-refractivity contribution in [2.75, 3.05) is 7.11 Å². The van der Waals surface area contributed by atoms with Gasteiger partial charge in [0.2, 0.25) is 0 Å². The van der Waals surface area contributed by atoms with Crippen LogP contribution in [0.4, 0.5) is 0 Å². The van der Waals surface area contributed by atoms with Crippen LogP contribution in [0.3, 0.4) is 0 Å². The zero-order chi connectivity index (χ0) is 12.4. The van der Waals surface area contributed by atoms with Gasteiger partial charge in [0.25, 0.3) is 0 Å². The van der Waals surface area contributed by atoms with E-state index in [0.717, 1.165) is 17.0 Å². The molecule has 0 fully saturated rings. The number of nitrogens with zero attached hydrogens (tertiary/aromatic N) is 3. The molecule has 0 bridgehead atoms. The molecule has 5 nitrogen and oxygen atoms in total. The molecule has 0 aromatic carbocycles. The molecule has 0 radical (unpaired) electrons. The predicted octanol–water partition coefficient (Wildman–Crippen LogP) is 1.18. The Morgan fingerprint density at radius 1 is 1.47 bits per heavy atom. The van der Waals surface area contributed by atoms with Gasteiger partial charge in [0.1, 0.15) is 5.69 Å². The van der Waals surface area contributed by atoms with E-state index in [1.54, 1.807) is 24.2 Å². The van der Waals surface area contributed by atoms with Gasteiger partial charge >= 0.3 is 0 Å². The molecule has 2 aromatic rings. The Kier molecular flexibility index (Phi) is 3.10. The quantitative estimate of drug-likeness (QED) is 0.863. The SMILES string of the molecule is COc1cnn(C)c1C(N)c1cc(C)ccn1. The maximum absolute atomic E-state index is 6.20. The lowest BCUT2D eigenvalue weighted by Gasteiger charge is -2.13. The van der Waals surface area contributed by atoms with E-state index in [0.29, 0.717) is 5.75 Å². The number of rotatable bonds is 3. The average molecular weight is 232 g/mol. The maximum Gasteiger partial charge on any atom is 0.161 e. The lowest BCUT2D eigenvalue weighted by atomic mass is 10.1. The molecule has 0 spiro atoms. The molecule has 0 saturated carbocycles. The number of aromatic nitrogens is 3. The van der Waals surface area contributed by atoms with Crippen molar-refractivity contribution in [1.29, 1.82) is 0 Å². The Labute approximate surface area is 100 Å². The lowest BCUT2D eigenvalue weighted by molar-refractivity contribution is 0.405. The molecular formula is C12H16N4O. The molecular weight excluding hydrogens is 216 g/mol. The van der Waals surface area contributed by atoms with Crippen molar-refractivity contribution in [3.05, 3.63) is 41.5 Å². The molecule has 0 aliphatic rings. The highest BCUT2D eigenvalue weighted by Gasteiger charge is 2.19. The summed E-state index contributed by atoms with van der Waals surface area (Å²) in [6, 6.07) is 3.57. The highest BCUT2D eigenvalue weighted by molar-refractivity contribution is 5.34. The molecule has 5 heteroatoms. The van der Waals surface area contributed by atoms with Crippen molar-refractivity contribution in [2.45, 2.75) is 13.0 Å². The second-order valence-corrected chi connectivity index (χ2v) is 3.96. The number of pyridine rings is 1. The van der Waals surface area contributed by atoms with Crippen molar-refractivity contribution in [1.82, 2.24) is 14.8 Å². The highest BCUT2D eigenvalue weighted by Crippen LogP contribution is 2.26. The summed E-state index contributed by atoms with van der Waals surface area (Å²) < 4.78 is 6.96. The van der Waals surface area contributed by atoms with Crippen molar-refractivity contribution >= 4 is 0 Å². The molecule has 1 atom stereocenters. The lowest BCUT2D eigenvalue weighted by Crippen LogP contribution is -2.18. The van der Waals surface area contributed by atoms with E-state index in [2.05, 4.69) is 10.1 Å². The highest BCUT2D eigenvalue weighted by atomic mass is 16.5. The number of nitrogens with two attached hydrogens (primary N) is 1. The van der Waals surface area contributed by atoms with Crippen LogP contribution in [-0.2, 0) is 7.05 Å².